The SMILES string of the molecule is CCc1cccc(CC)c1NC(=O)CNCCN1CCOCC1. The minimum absolute atomic E-state index is 0.0302. The molecule has 0 aliphatic carbocycles. The van der Waals surface area contributed by atoms with E-state index in [1.54, 1.807) is 0 Å². The molecule has 0 spiro atoms. The van der Waals surface area contributed by atoms with Gasteiger partial charge in [0.05, 0.1) is 19.8 Å². The van der Waals surface area contributed by atoms with Crippen molar-refractivity contribution in [3.8, 4) is 0 Å². The molecule has 0 unspecified atom stereocenters. The summed E-state index contributed by atoms with van der Waals surface area (Å²) in [7, 11) is 0. The molecule has 0 bridgehead atoms. The standard InChI is InChI=1S/C18H29N3O2/c1-3-15-6-5-7-16(4-2)18(15)20-17(22)14-19-8-9-21-10-12-23-13-11-21/h5-7,19H,3-4,8-14H2,1-2H3,(H,20,22). The number of benzene rings is 1. The number of nitrogens with zero attached hydrogens (tertiary/aromatic N) is 1. The Bertz CT molecular complexity index is 477. The molecule has 0 aromatic heterocycles. The Labute approximate surface area is 139 Å². The number of hydrogen-bond acceptors (Lipinski definition) is 4. The smallest absolute Gasteiger partial charge is 0.238 e. The van der Waals surface area contributed by atoms with Crippen molar-refractivity contribution >= 4 is 11.6 Å². The van der Waals surface area contributed by atoms with Gasteiger partial charge in [0, 0.05) is 31.9 Å². The van der Waals surface area contributed by atoms with Crippen molar-refractivity contribution in [2.75, 3.05) is 51.3 Å². The van der Waals surface area contributed by atoms with Crippen LogP contribution in [0.3, 0.4) is 0 Å². The lowest BCUT2D eigenvalue weighted by Gasteiger charge is -2.26. The van der Waals surface area contributed by atoms with Gasteiger partial charge in [-0.25, -0.2) is 0 Å². The van der Waals surface area contributed by atoms with E-state index in [1.165, 1.54) is 11.1 Å². The normalized spacial score (nSPS) is 15.6. The van der Waals surface area contributed by atoms with Gasteiger partial charge in [-0.3, -0.25) is 9.69 Å². The molecular formula is C18H29N3O2. The van der Waals surface area contributed by atoms with Gasteiger partial charge in [-0.05, 0) is 24.0 Å². The van der Waals surface area contributed by atoms with E-state index < -0.39 is 0 Å². The highest BCUT2D eigenvalue weighted by Crippen LogP contribution is 2.22. The van der Waals surface area contributed by atoms with Gasteiger partial charge in [0.15, 0.2) is 0 Å². The van der Waals surface area contributed by atoms with Crippen molar-refractivity contribution < 1.29 is 9.53 Å². The first-order chi connectivity index (χ1) is 11.2. The van der Waals surface area contributed by atoms with Gasteiger partial charge in [-0.1, -0.05) is 32.0 Å². The zero-order valence-electron chi connectivity index (χ0n) is 14.4. The number of ether oxygens (including phenoxy) is 1. The number of rotatable bonds is 8. The third-order valence-corrected chi connectivity index (χ3v) is 4.26. The molecule has 1 amide bonds. The fourth-order valence-electron chi connectivity index (χ4n) is 2.85. The van der Waals surface area contributed by atoms with Crippen LogP contribution in [0.25, 0.3) is 0 Å². The molecule has 1 aromatic carbocycles. The van der Waals surface area contributed by atoms with Gasteiger partial charge >= 0.3 is 0 Å². The summed E-state index contributed by atoms with van der Waals surface area (Å²) in [6.07, 6.45) is 1.85. The first-order valence-electron chi connectivity index (χ1n) is 8.66. The van der Waals surface area contributed by atoms with E-state index in [0.717, 1.165) is 57.9 Å². The van der Waals surface area contributed by atoms with E-state index in [1.807, 2.05) is 0 Å². The Balaban J connectivity index is 1.76. The second-order valence-corrected chi connectivity index (χ2v) is 5.84. The number of morpholine rings is 1. The van der Waals surface area contributed by atoms with Crippen LogP contribution >= 0.6 is 0 Å². The predicted molar refractivity (Wildman–Crippen MR) is 94.0 cm³/mol. The maximum atomic E-state index is 12.2. The molecule has 1 aliphatic heterocycles. The van der Waals surface area contributed by atoms with E-state index in [4.69, 9.17) is 4.74 Å². The van der Waals surface area contributed by atoms with E-state index >= 15 is 0 Å². The van der Waals surface area contributed by atoms with Crippen LogP contribution in [-0.4, -0.2) is 56.7 Å². The molecule has 1 saturated heterocycles. The number of anilines is 1. The lowest BCUT2D eigenvalue weighted by atomic mass is 10.0. The highest BCUT2D eigenvalue weighted by Gasteiger charge is 2.11. The minimum Gasteiger partial charge on any atom is -0.379 e. The van der Waals surface area contributed by atoms with E-state index in [0.29, 0.717) is 6.54 Å². The largest absolute Gasteiger partial charge is 0.379 e. The van der Waals surface area contributed by atoms with E-state index in [2.05, 4.69) is 47.6 Å². The number of carbonyl (C=O) groups is 1. The quantitative estimate of drug-likeness (QED) is 0.716. The van der Waals surface area contributed by atoms with Gasteiger partial charge in [0.2, 0.25) is 5.91 Å². The van der Waals surface area contributed by atoms with E-state index in [-0.39, 0.29) is 5.91 Å². The molecule has 128 valence electrons. The molecule has 1 fully saturated rings. The molecule has 0 saturated carbocycles. The molecule has 5 heteroatoms. The van der Waals surface area contributed by atoms with Crippen LogP contribution in [0.15, 0.2) is 18.2 Å². The number of carbonyl (C=O) groups excluding carboxylic acids is 1. The summed E-state index contributed by atoms with van der Waals surface area (Å²) < 4.78 is 5.33. The lowest BCUT2D eigenvalue weighted by Crippen LogP contribution is -2.41. The average molecular weight is 319 g/mol. The topological polar surface area (TPSA) is 53.6 Å². The summed E-state index contributed by atoms with van der Waals surface area (Å²) in [6.45, 7) is 9.96. The Morgan fingerprint density at radius 1 is 1.17 bits per heavy atom. The maximum absolute atomic E-state index is 12.2. The molecule has 1 heterocycles. The van der Waals surface area contributed by atoms with Crippen LogP contribution in [-0.2, 0) is 22.4 Å². The molecular weight excluding hydrogens is 290 g/mol. The molecule has 0 atom stereocenters. The molecule has 2 rings (SSSR count). The zero-order valence-corrected chi connectivity index (χ0v) is 14.4. The summed E-state index contributed by atoms with van der Waals surface area (Å²) >= 11 is 0. The minimum atomic E-state index is 0.0302. The van der Waals surface area contributed by atoms with Gasteiger partial charge in [0.25, 0.3) is 0 Å². The van der Waals surface area contributed by atoms with Crippen LogP contribution in [0.1, 0.15) is 25.0 Å². The summed E-state index contributed by atoms with van der Waals surface area (Å²) in [5, 5.41) is 6.32. The molecule has 1 aliphatic rings. The van der Waals surface area contributed by atoms with Crippen molar-refractivity contribution in [2.24, 2.45) is 0 Å². The summed E-state index contributed by atoms with van der Waals surface area (Å²) in [5.41, 5.74) is 3.40. The molecule has 0 radical (unpaired) electrons. The van der Waals surface area contributed by atoms with Gasteiger partial charge in [-0.15, -0.1) is 0 Å². The second-order valence-electron chi connectivity index (χ2n) is 5.84. The fourth-order valence-corrected chi connectivity index (χ4v) is 2.85. The zero-order chi connectivity index (χ0) is 16.5. The molecule has 1 aromatic rings. The monoisotopic (exact) mass is 319 g/mol. The Morgan fingerprint density at radius 3 is 2.43 bits per heavy atom. The Hall–Kier alpha value is -1.43. The number of aryl methyl sites for hydroxylation is 2. The molecule has 2 N–H and O–H groups in total. The molecule has 5 nitrogen and oxygen atoms in total. The fraction of sp³-hybridized carbons (Fsp3) is 0.611. The summed E-state index contributed by atoms with van der Waals surface area (Å²) in [4.78, 5) is 14.5. The van der Waals surface area contributed by atoms with Crippen molar-refractivity contribution in [2.45, 2.75) is 26.7 Å². The first kappa shape index (κ1) is 17.9. The van der Waals surface area contributed by atoms with Crippen LogP contribution in [0, 0.1) is 0 Å². The summed E-state index contributed by atoms with van der Waals surface area (Å²) in [5.74, 6) is 0.0302. The number of hydrogen-bond donors (Lipinski definition) is 2. The van der Waals surface area contributed by atoms with Gasteiger partial charge < -0.3 is 15.4 Å². The maximum Gasteiger partial charge on any atom is 0.238 e. The predicted octanol–water partition coefficient (Wildman–Crippen LogP) is 1.67. The Kier molecular flexibility index (Phi) is 7.52. The Morgan fingerprint density at radius 2 is 1.83 bits per heavy atom. The number of para-hydroxylation sites is 1. The number of nitrogens with one attached hydrogen (secondary N) is 2. The first-order valence-corrected chi connectivity index (χ1v) is 8.66. The highest BCUT2D eigenvalue weighted by molar-refractivity contribution is 5.93. The second kappa shape index (κ2) is 9.65. The summed E-state index contributed by atoms with van der Waals surface area (Å²) in [6, 6.07) is 6.23. The van der Waals surface area contributed by atoms with Gasteiger partial charge in [-0.2, -0.15) is 0 Å². The van der Waals surface area contributed by atoms with Crippen LogP contribution in [0.4, 0.5) is 5.69 Å². The van der Waals surface area contributed by atoms with E-state index in [9.17, 15) is 4.79 Å². The highest BCUT2D eigenvalue weighted by atomic mass is 16.5. The van der Waals surface area contributed by atoms with Crippen molar-refractivity contribution in [1.29, 1.82) is 0 Å². The van der Waals surface area contributed by atoms with Crippen molar-refractivity contribution in [3.63, 3.8) is 0 Å². The third-order valence-electron chi connectivity index (χ3n) is 4.26. The van der Waals surface area contributed by atoms with Crippen LogP contribution in [0.5, 0.6) is 0 Å². The average Bonchev–Trinajstić information content (AvgIpc) is 2.60. The van der Waals surface area contributed by atoms with Crippen LogP contribution in [0.2, 0.25) is 0 Å². The lowest BCUT2D eigenvalue weighted by molar-refractivity contribution is -0.115. The van der Waals surface area contributed by atoms with Crippen LogP contribution < -0.4 is 10.6 Å². The third kappa shape index (κ3) is 5.61. The number of amides is 1. The van der Waals surface area contributed by atoms with Crippen molar-refractivity contribution in [3.05, 3.63) is 29.3 Å². The molecule has 23 heavy (non-hydrogen) atoms. The van der Waals surface area contributed by atoms with Gasteiger partial charge in [0.1, 0.15) is 0 Å². The van der Waals surface area contributed by atoms with Crippen molar-refractivity contribution in [1.82, 2.24) is 10.2 Å².